The van der Waals surface area contributed by atoms with Crippen molar-refractivity contribution in [3.63, 3.8) is 0 Å². The number of rotatable bonds is 2. The van der Waals surface area contributed by atoms with E-state index in [9.17, 15) is 0 Å². The Kier molecular flexibility index (Phi) is 2.39. The second-order valence-electron chi connectivity index (χ2n) is 5.93. The zero-order valence-corrected chi connectivity index (χ0v) is 9.27. The van der Waals surface area contributed by atoms with E-state index in [0.29, 0.717) is 5.41 Å². The molecule has 3 unspecified atom stereocenters. The molecule has 2 aliphatic carbocycles. The Morgan fingerprint density at radius 1 is 1.15 bits per heavy atom. The van der Waals surface area contributed by atoms with Crippen LogP contribution >= 0.6 is 0 Å². The zero-order valence-electron chi connectivity index (χ0n) is 9.27. The Bertz CT molecular complexity index is 186. The molecule has 0 aromatic carbocycles. The van der Waals surface area contributed by atoms with Crippen LogP contribution in [0.2, 0.25) is 0 Å². The first kappa shape index (κ1) is 9.51. The first-order chi connectivity index (χ1) is 6.07. The molecule has 1 heteroatoms. The third-order valence-corrected chi connectivity index (χ3v) is 4.04. The summed E-state index contributed by atoms with van der Waals surface area (Å²) in [5.74, 6) is 0.934. The van der Waals surface area contributed by atoms with Crippen molar-refractivity contribution in [3.05, 3.63) is 0 Å². The lowest BCUT2D eigenvalue weighted by Crippen LogP contribution is -2.46. The summed E-state index contributed by atoms with van der Waals surface area (Å²) < 4.78 is 0. The maximum atomic E-state index is 3.82. The molecule has 2 rings (SSSR count). The maximum absolute atomic E-state index is 3.82. The molecule has 2 aliphatic rings. The van der Waals surface area contributed by atoms with Crippen LogP contribution in [-0.2, 0) is 0 Å². The van der Waals surface area contributed by atoms with Gasteiger partial charge in [0.25, 0.3) is 0 Å². The van der Waals surface area contributed by atoms with Crippen LogP contribution < -0.4 is 5.32 Å². The predicted molar refractivity (Wildman–Crippen MR) is 56.7 cm³/mol. The molecule has 0 saturated heterocycles. The van der Waals surface area contributed by atoms with Crippen molar-refractivity contribution in [2.24, 2.45) is 11.3 Å². The van der Waals surface area contributed by atoms with E-state index in [2.05, 4.69) is 26.1 Å². The van der Waals surface area contributed by atoms with Crippen molar-refractivity contribution in [2.45, 2.75) is 65.0 Å². The van der Waals surface area contributed by atoms with Crippen LogP contribution in [0.3, 0.4) is 0 Å². The van der Waals surface area contributed by atoms with E-state index in [4.69, 9.17) is 0 Å². The van der Waals surface area contributed by atoms with E-state index in [1.165, 1.54) is 32.1 Å². The minimum atomic E-state index is 0.602. The van der Waals surface area contributed by atoms with Gasteiger partial charge in [-0.3, -0.25) is 0 Å². The van der Waals surface area contributed by atoms with Crippen LogP contribution in [0.15, 0.2) is 0 Å². The molecule has 2 fully saturated rings. The molecule has 0 spiro atoms. The predicted octanol–water partition coefficient (Wildman–Crippen LogP) is 2.95. The maximum Gasteiger partial charge on any atom is 0.00954 e. The SMILES string of the molecule is CC1CCC1NC1CCC(C)(C)C1. The van der Waals surface area contributed by atoms with E-state index in [1.54, 1.807) is 0 Å². The van der Waals surface area contributed by atoms with Crippen molar-refractivity contribution >= 4 is 0 Å². The van der Waals surface area contributed by atoms with Gasteiger partial charge in [-0.25, -0.2) is 0 Å². The normalized spacial score (nSPS) is 43.2. The van der Waals surface area contributed by atoms with E-state index >= 15 is 0 Å². The standard InChI is InChI=1S/C12H23N/c1-9-4-5-11(9)13-10-6-7-12(2,3)8-10/h9-11,13H,4-8H2,1-3H3. The summed E-state index contributed by atoms with van der Waals surface area (Å²) in [7, 11) is 0. The molecule has 76 valence electrons. The second kappa shape index (κ2) is 3.27. The topological polar surface area (TPSA) is 12.0 Å². The molecule has 0 amide bonds. The van der Waals surface area contributed by atoms with Crippen molar-refractivity contribution in [2.75, 3.05) is 0 Å². The van der Waals surface area contributed by atoms with Gasteiger partial charge in [-0.15, -0.1) is 0 Å². The minimum absolute atomic E-state index is 0.602. The molecule has 1 nitrogen and oxygen atoms in total. The smallest absolute Gasteiger partial charge is 0.00954 e. The first-order valence-electron chi connectivity index (χ1n) is 5.83. The Hall–Kier alpha value is -0.0400. The van der Waals surface area contributed by atoms with Crippen molar-refractivity contribution in [1.82, 2.24) is 5.32 Å². The molecule has 0 aromatic rings. The lowest BCUT2D eigenvalue weighted by Gasteiger charge is -2.37. The minimum Gasteiger partial charge on any atom is -0.311 e. The largest absolute Gasteiger partial charge is 0.311 e. The quantitative estimate of drug-likeness (QED) is 0.690. The summed E-state index contributed by atoms with van der Waals surface area (Å²) in [5.41, 5.74) is 0.602. The van der Waals surface area contributed by atoms with Gasteiger partial charge in [0.1, 0.15) is 0 Å². The monoisotopic (exact) mass is 181 g/mol. The van der Waals surface area contributed by atoms with Crippen LogP contribution in [0, 0.1) is 11.3 Å². The van der Waals surface area contributed by atoms with E-state index < -0.39 is 0 Å². The van der Waals surface area contributed by atoms with Crippen LogP contribution in [0.25, 0.3) is 0 Å². The fraction of sp³-hybridized carbons (Fsp3) is 1.00. The summed E-state index contributed by atoms with van der Waals surface area (Å²) >= 11 is 0. The molecule has 0 aliphatic heterocycles. The first-order valence-corrected chi connectivity index (χ1v) is 5.83. The lowest BCUT2D eigenvalue weighted by atomic mass is 9.80. The van der Waals surface area contributed by atoms with Crippen LogP contribution in [0.5, 0.6) is 0 Å². The van der Waals surface area contributed by atoms with Gasteiger partial charge >= 0.3 is 0 Å². The highest BCUT2D eigenvalue weighted by molar-refractivity contribution is 4.92. The highest BCUT2D eigenvalue weighted by Crippen LogP contribution is 2.38. The van der Waals surface area contributed by atoms with Crippen LogP contribution in [-0.4, -0.2) is 12.1 Å². The molecule has 1 N–H and O–H groups in total. The third-order valence-electron chi connectivity index (χ3n) is 4.04. The van der Waals surface area contributed by atoms with E-state index in [0.717, 1.165) is 18.0 Å². The van der Waals surface area contributed by atoms with Crippen LogP contribution in [0.1, 0.15) is 52.9 Å². The molecular weight excluding hydrogens is 158 g/mol. The summed E-state index contributed by atoms with van der Waals surface area (Å²) in [4.78, 5) is 0. The molecule has 0 bridgehead atoms. The zero-order chi connectivity index (χ0) is 9.47. The van der Waals surface area contributed by atoms with E-state index in [1.807, 2.05) is 0 Å². The van der Waals surface area contributed by atoms with Crippen molar-refractivity contribution in [1.29, 1.82) is 0 Å². The Labute approximate surface area is 82.3 Å². The molecule has 0 aromatic heterocycles. The van der Waals surface area contributed by atoms with Crippen molar-refractivity contribution < 1.29 is 0 Å². The summed E-state index contributed by atoms with van der Waals surface area (Å²) in [6.45, 7) is 7.18. The van der Waals surface area contributed by atoms with Gasteiger partial charge < -0.3 is 5.32 Å². The number of nitrogens with one attached hydrogen (secondary N) is 1. The molecule has 13 heavy (non-hydrogen) atoms. The van der Waals surface area contributed by atoms with Gasteiger partial charge in [-0.05, 0) is 43.4 Å². The average molecular weight is 181 g/mol. The van der Waals surface area contributed by atoms with E-state index in [-0.39, 0.29) is 0 Å². The van der Waals surface area contributed by atoms with Gasteiger partial charge in [0.15, 0.2) is 0 Å². The van der Waals surface area contributed by atoms with Crippen molar-refractivity contribution in [3.8, 4) is 0 Å². The second-order valence-corrected chi connectivity index (χ2v) is 5.93. The summed E-state index contributed by atoms with van der Waals surface area (Å²) in [6, 6.07) is 1.67. The number of hydrogen-bond acceptors (Lipinski definition) is 1. The molecular formula is C12H23N. The molecule has 2 saturated carbocycles. The number of hydrogen-bond donors (Lipinski definition) is 1. The van der Waals surface area contributed by atoms with Gasteiger partial charge in [-0.2, -0.15) is 0 Å². The van der Waals surface area contributed by atoms with Gasteiger partial charge in [-0.1, -0.05) is 20.8 Å². The fourth-order valence-electron chi connectivity index (χ4n) is 2.80. The Morgan fingerprint density at radius 3 is 2.31 bits per heavy atom. The lowest BCUT2D eigenvalue weighted by molar-refractivity contribution is 0.205. The Balaban J connectivity index is 1.77. The average Bonchev–Trinajstić information content (AvgIpc) is 2.39. The highest BCUT2D eigenvalue weighted by Gasteiger charge is 2.35. The van der Waals surface area contributed by atoms with Gasteiger partial charge in [0.2, 0.25) is 0 Å². The third kappa shape index (κ3) is 2.07. The summed E-state index contributed by atoms with van der Waals surface area (Å²) in [5, 5.41) is 3.82. The van der Waals surface area contributed by atoms with Gasteiger partial charge in [0.05, 0.1) is 0 Å². The van der Waals surface area contributed by atoms with Crippen LogP contribution in [0.4, 0.5) is 0 Å². The highest BCUT2D eigenvalue weighted by atomic mass is 15.0. The van der Waals surface area contributed by atoms with Gasteiger partial charge in [0, 0.05) is 12.1 Å². The molecule has 0 radical (unpaired) electrons. The molecule has 3 atom stereocenters. The Morgan fingerprint density at radius 2 is 1.92 bits per heavy atom. The summed E-state index contributed by atoms with van der Waals surface area (Å²) in [6.07, 6.45) is 7.05. The fourth-order valence-corrected chi connectivity index (χ4v) is 2.80. The molecule has 0 heterocycles.